The summed E-state index contributed by atoms with van der Waals surface area (Å²) in [5.41, 5.74) is 7.43. The van der Waals surface area contributed by atoms with Gasteiger partial charge in [0.05, 0.1) is 5.69 Å². The lowest BCUT2D eigenvalue weighted by Gasteiger charge is -2.13. The Morgan fingerprint density at radius 2 is 2.19 bits per heavy atom. The summed E-state index contributed by atoms with van der Waals surface area (Å²) in [4.78, 5) is 16.7. The molecule has 0 bridgehead atoms. The summed E-state index contributed by atoms with van der Waals surface area (Å²) in [6.45, 7) is 1.84. The van der Waals surface area contributed by atoms with Gasteiger partial charge in [0.25, 0.3) is 0 Å². The smallest absolute Gasteiger partial charge is 0.227 e. The van der Waals surface area contributed by atoms with Gasteiger partial charge in [0.2, 0.25) is 5.91 Å². The average Bonchev–Trinajstić information content (AvgIpc) is 3.08. The van der Waals surface area contributed by atoms with Gasteiger partial charge in [-0.25, -0.2) is 4.98 Å². The number of aryl methyl sites for hydroxylation is 1. The zero-order valence-corrected chi connectivity index (χ0v) is 12.0. The number of anilines is 1. The van der Waals surface area contributed by atoms with Crippen LogP contribution < -0.4 is 11.1 Å². The molecular formula is C15H19N5O. The quantitative estimate of drug-likeness (QED) is 0.801. The molecule has 0 aliphatic heterocycles. The van der Waals surface area contributed by atoms with Crippen LogP contribution in [0.25, 0.3) is 11.4 Å². The zero-order chi connectivity index (χ0) is 14.8. The van der Waals surface area contributed by atoms with Gasteiger partial charge in [-0.3, -0.25) is 9.89 Å². The monoisotopic (exact) mass is 285 g/mol. The number of H-pyrrole nitrogens is 1. The highest BCUT2D eigenvalue weighted by atomic mass is 16.1. The van der Waals surface area contributed by atoms with E-state index in [4.69, 9.17) is 5.73 Å². The highest BCUT2D eigenvalue weighted by Crippen LogP contribution is 2.28. The molecule has 110 valence electrons. The molecule has 1 aromatic heterocycles. The van der Waals surface area contributed by atoms with Gasteiger partial charge in [0, 0.05) is 17.5 Å². The molecule has 21 heavy (non-hydrogen) atoms. The molecule has 2 unspecified atom stereocenters. The summed E-state index contributed by atoms with van der Waals surface area (Å²) in [6, 6.07) is 7.71. The second kappa shape index (κ2) is 5.65. The molecule has 0 spiro atoms. The van der Waals surface area contributed by atoms with Crippen molar-refractivity contribution in [1.82, 2.24) is 15.2 Å². The van der Waals surface area contributed by atoms with E-state index in [-0.39, 0.29) is 17.9 Å². The molecule has 1 aliphatic carbocycles. The molecule has 6 heteroatoms. The first-order valence-electron chi connectivity index (χ1n) is 7.18. The third kappa shape index (κ3) is 2.95. The predicted octanol–water partition coefficient (Wildman–Crippen LogP) is 1.85. The lowest BCUT2D eigenvalue weighted by Crippen LogP contribution is -2.23. The van der Waals surface area contributed by atoms with E-state index in [0.717, 1.165) is 36.3 Å². The number of hydrogen-bond donors (Lipinski definition) is 3. The predicted molar refractivity (Wildman–Crippen MR) is 80.5 cm³/mol. The summed E-state index contributed by atoms with van der Waals surface area (Å²) in [7, 11) is 0. The molecule has 2 aromatic rings. The van der Waals surface area contributed by atoms with Crippen LogP contribution in [-0.2, 0) is 4.79 Å². The van der Waals surface area contributed by atoms with Crippen LogP contribution >= 0.6 is 0 Å². The number of para-hydroxylation sites is 1. The van der Waals surface area contributed by atoms with E-state index in [2.05, 4.69) is 20.5 Å². The van der Waals surface area contributed by atoms with E-state index >= 15 is 0 Å². The molecule has 0 saturated heterocycles. The van der Waals surface area contributed by atoms with E-state index in [0.29, 0.717) is 5.82 Å². The summed E-state index contributed by atoms with van der Waals surface area (Å²) < 4.78 is 0. The summed E-state index contributed by atoms with van der Waals surface area (Å²) in [6.07, 6.45) is 2.53. The van der Waals surface area contributed by atoms with E-state index in [1.807, 2.05) is 31.2 Å². The number of nitrogens with two attached hydrogens (primary N) is 1. The molecule has 1 aliphatic rings. The molecule has 6 nitrogen and oxygen atoms in total. The molecule has 0 radical (unpaired) electrons. The number of nitrogens with zero attached hydrogens (tertiary/aromatic N) is 2. The van der Waals surface area contributed by atoms with Crippen LogP contribution in [0.4, 0.5) is 5.69 Å². The third-order valence-corrected chi connectivity index (χ3v) is 3.87. The molecule has 1 heterocycles. The third-order valence-electron chi connectivity index (χ3n) is 3.87. The fourth-order valence-electron chi connectivity index (χ4n) is 2.74. The Bertz CT molecular complexity index is 651. The normalized spacial score (nSPS) is 21.4. The van der Waals surface area contributed by atoms with E-state index < -0.39 is 0 Å². The Morgan fingerprint density at radius 1 is 1.38 bits per heavy atom. The van der Waals surface area contributed by atoms with Gasteiger partial charge >= 0.3 is 0 Å². The first kappa shape index (κ1) is 13.8. The number of carbonyl (C=O) groups is 1. The van der Waals surface area contributed by atoms with Crippen LogP contribution in [0, 0.1) is 12.8 Å². The number of amides is 1. The van der Waals surface area contributed by atoms with Gasteiger partial charge in [0.15, 0.2) is 5.82 Å². The molecule has 1 aromatic carbocycles. The molecule has 2 atom stereocenters. The van der Waals surface area contributed by atoms with Crippen molar-refractivity contribution in [3.8, 4) is 11.4 Å². The molecule has 1 fully saturated rings. The SMILES string of the molecule is Cc1nc(-c2ccccc2NC(=O)C2CCC(N)C2)n[nH]1. The van der Waals surface area contributed by atoms with Gasteiger partial charge in [-0.1, -0.05) is 12.1 Å². The Labute approximate surface area is 123 Å². The molecule has 1 saturated carbocycles. The van der Waals surface area contributed by atoms with Gasteiger partial charge < -0.3 is 11.1 Å². The minimum Gasteiger partial charge on any atom is -0.328 e. The molecule has 4 N–H and O–H groups in total. The van der Waals surface area contributed by atoms with Gasteiger partial charge in [-0.05, 0) is 38.3 Å². The number of nitrogens with one attached hydrogen (secondary N) is 2. The number of aromatic nitrogens is 3. The zero-order valence-electron chi connectivity index (χ0n) is 12.0. The maximum absolute atomic E-state index is 12.3. The van der Waals surface area contributed by atoms with Crippen molar-refractivity contribution < 1.29 is 4.79 Å². The average molecular weight is 285 g/mol. The van der Waals surface area contributed by atoms with Crippen molar-refractivity contribution >= 4 is 11.6 Å². The molecule has 1 amide bonds. The van der Waals surface area contributed by atoms with Crippen LogP contribution in [0.15, 0.2) is 24.3 Å². The van der Waals surface area contributed by atoms with E-state index in [1.165, 1.54) is 0 Å². The Balaban J connectivity index is 1.81. The maximum Gasteiger partial charge on any atom is 0.227 e. The Morgan fingerprint density at radius 3 is 2.86 bits per heavy atom. The minimum atomic E-state index is 0.00179. The van der Waals surface area contributed by atoms with Crippen molar-refractivity contribution in [2.75, 3.05) is 5.32 Å². The van der Waals surface area contributed by atoms with Crippen LogP contribution in [0.5, 0.6) is 0 Å². The van der Waals surface area contributed by atoms with Crippen LogP contribution in [0.3, 0.4) is 0 Å². The number of aromatic amines is 1. The van der Waals surface area contributed by atoms with Gasteiger partial charge in [0.1, 0.15) is 5.82 Å². The highest BCUT2D eigenvalue weighted by Gasteiger charge is 2.28. The highest BCUT2D eigenvalue weighted by molar-refractivity contribution is 5.96. The number of carbonyl (C=O) groups excluding carboxylic acids is 1. The van der Waals surface area contributed by atoms with Crippen molar-refractivity contribution in [3.05, 3.63) is 30.1 Å². The standard InChI is InChI=1S/C15H19N5O/c1-9-17-14(20-19-9)12-4-2-3-5-13(12)18-15(21)10-6-7-11(16)8-10/h2-5,10-11H,6-8,16H2,1H3,(H,18,21)(H,17,19,20). The van der Waals surface area contributed by atoms with Gasteiger partial charge in [-0.2, -0.15) is 5.10 Å². The minimum absolute atomic E-state index is 0.00179. The van der Waals surface area contributed by atoms with Crippen molar-refractivity contribution in [1.29, 1.82) is 0 Å². The van der Waals surface area contributed by atoms with E-state index in [9.17, 15) is 4.79 Å². The van der Waals surface area contributed by atoms with Crippen LogP contribution in [0.1, 0.15) is 25.1 Å². The Kier molecular flexibility index (Phi) is 3.70. The van der Waals surface area contributed by atoms with Crippen molar-refractivity contribution in [2.45, 2.75) is 32.2 Å². The second-order valence-electron chi connectivity index (χ2n) is 5.55. The first-order valence-corrected chi connectivity index (χ1v) is 7.18. The Hall–Kier alpha value is -2.21. The fourth-order valence-corrected chi connectivity index (χ4v) is 2.74. The molecule has 3 rings (SSSR count). The largest absolute Gasteiger partial charge is 0.328 e. The number of benzene rings is 1. The van der Waals surface area contributed by atoms with Crippen LogP contribution in [-0.4, -0.2) is 27.1 Å². The van der Waals surface area contributed by atoms with Crippen LogP contribution in [0.2, 0.25) is 0 Å². The lowest BCUT2D eigenvalue weighted by atomic mass is 10.1. The summed E-state index contributed by atoms with van der Waals surface area (Å²) in [5.74, 6) is 1.36. The second-order valence-corrected chi connectivity index (χ2v) is 5.55. The first-order chi connectivity index (χ1) is 10.1. The summed E-state index contributed by atoms with van der Waals surface area (Å²) >= 11 is 0. The van der Waals surface area contributed by atoms with Gasteiger partial charge in [-0.15, -0.1) is 0 Å². The van der Waals surface area contributed by atoms with Crippen molar-refractivity contribution in [3.63, 3.8) is 0 Å². The number of rotatable bonds is 3. The molecular weight excluding hydrogens is 266 g/mol. The van der Waals surface area contributed by atoms with E-state index in [1.54, 1.807) is 0 Å². The lowest BCUT2D eigenvalue weighted by molar-refractivity contribution is -0.119. The van der Waals surface area contributed by atoms with Crippen molar-refractivity contribution in [2.24, 2.45) is 11.7 Å². The topological polar surface area (TPSA) is 96.7 Å². The number of hydrogen-bond acceptors (Lipinski definition) is 4. The summed E-state index contributed by atoms with van der Waals surface area (Å²) in [5, 5.41) is 9.97. The maximum atomic E-state index is 12.3. The fraction of sp³-hybridized carbons (Fsp3) is 0.400.